The van der Waals surface area contributed by atoms with Crippen LogP contribution in [0, 0.1) is 17.2 Å². The zero-order valence-corrected chi connectivity index (χ0v) is 9.98. The van der Waals surface area contributed by atoms with Crippen molar-refractivity contribution in [2.45, 2.75) is 32.9 Å². The minimum atomic E-state index is 0.641. The Morgan fingerprint density at radius 2 is 2.12 bits per heavy atom. The van der Waals surface area contributed by atoms with Gasteiger partial charge in [0.2, 0.25) is 0 Å². The van der Waals surface area contributed by atoms with Crippen molar-refractivity contribution < 1.29 is 0 Å². The van der Waals surface area contributed by atoms with Crippen LogP contribution in [0.4, 0.5) is 0 Å². The van der Waals surface area contributed by atoms with Crippen LogP contribution in [-0.2, 0) is 6.54 Å². The molecule has 2 nitrogen and oxygen atoms in total. The van der Waals surface area contributed by atoms with E-state index in [0.717, 1.165) is 30.1 Å². The van der Waals surface area contributed by atoms with Crippen molar-refractivity contribution in [3.8, 4) is 6.07 Å². The van der Waals surface area contributed by atoms with E-state index in [9.17, 15) is 0 Å². The lowest BCUT2D eigenvalue weighted by atomic mass is 10.1. The molecule has 1 aliphatic heterocycles. The number of nitrogens with zero attached hydrogens (tertiary/aromatic N) is 2. The summed E-state index contributed by atoms with van der Waals surface area (Å²) < 4.78 is 0. The molecule has 0 radical (unpaired) electrons. The third-order valence-corrected chi connectivity index (χ3v) is 3.42. The van der Waals surface area contributed by atoms with Crippen molar-refractivity contribution >= 4 is 0 Å². The molecule has 2 atom stereocenters. The fourth-order valence-electron chi connectivity index (χ4n) is 2.59. The summed E-state index contributed by atoms with van der Waals surface area (Å²) in [5.41, 5.74) is 1.97. The van der Waals surface area contributed by atoms with Crippen molar-refractivity contribution in [2.24, 2.45) is 5.92 Å². The molecule has 1 saturated heterocycles. The topological polar surface area (TPSA) is 27.0 Å². The van der Waals surface area contributed by atoms with Gasteiger partial charge in [-0.1, -0.05) is 25.1 Å². The predicted molar refractivity (Wildman–Crippen MR) is 64.8 cm³/mol. The SMILES string of the molecule is CC1CC(C)N(Cc2ccccc2C#N)C1. The molecule has 1 aromatic carbocycles. The molecular formula is C14H18N2. The first-order valence-corrected chi connectivity index (χ1v) is 5.92. The lowest BCUT2D eigenvalue weighted by Crippen LogP contribution is -2.26. The van der Waals surface area contributed by atoms with Crippen molar-refractivity contribution in [1.82, 2.24) is 4.90 Å². The normalized spacial score (nSPS) is 25.6. The van der Waals surface area contributed by atoms with E-state index in [4.69, 9.17) is 5.26 Å². The molecule has 0 aromatic heterocycles. The lowest BCUT2D eigenvalue weighted by Gasteiger charge is -2.21. The van der Waals surface area contributed by atoms with Gasteiger partial charge in [-0.05, 0) is 30.9 Å². The highest BCUT2D eigenvalue weighted by molar-refractivity contribution is 5.37. The monoisotopic (exact) mass is 214 g/mol. The van der Waals surface area contributed by atoms with Gasteiger partial charge in [-0.25, -0.2) is 0 Å². The van der Waals surface area contributed by atoms with E-state index in [2.05, 4.69) is 30.9 Å². The highest BCUT2D eigenvalue weighted by Gasteiger charge is 2.26. The molecule has 1 heterocycles. The van der Waals surface area contributed by atoms with Crippen LogP contribution in [0.1, 0.15) is 31.4 Å². The van der Waals surface area contributed by atoms with Crippen LogP contribution < -0.4 is 0 Å². The van der Waals surface area contributed by atoms with Crippen molar-refractivity contribution in [1.29, 1.82) is 5.26 Å². The van der Waals surface area contributed by atoms with Crippen molar-refractivity contribution in [3.63, 3.8) is 0 Å². The Kier molecular flexibility index (Phi) is 3.26. The average molecular weight is 214 g/mol. The number of hydrogen-bond donors (Lipinski definition) is 0. The maximum Gasteiger partial charge on any atom is 0.0995 e. The first kappa shape index (κ1) is 11.2. The first-order valence-electron chi connectivity index (χ1n) is 5.92. The Morgan fingerprint density at radius 3 is 2.75 bits per heavy atom. The third kappa shape index (κ3) is 2.25. The van der Waals surface area contributed by atoms with E-state index >= 15 is 0 Å². The van der Waals surface area contributed by atoms with E-state index in [1.54, 1.807) is 0 Å². The van der Waals surface area contributed by atoms with Gasteiger partial charge in [0.05, 0.1) is 11.6 Å². The van der Waals surface area contributed by atoms with Crippen LogP contribution in [0.5, 0.6) is 0 Å². The molecule has 0 saturated carbocycles. The van der Waals surface area contributed by atoms with E-state index in [-0.39, 0.29) is 0 Å². The van der Waals surface area contributed by atoms with Gasteiger partial charge in [0.1, 0.15) is 0 Å². The molecule has 16 heavy (non-hydrogen) atoms. The zero-order valence-electron chi connectivity index (χ0n) is 9.98. The summed E-state index contributed by atoms with van der Waals surface area (Å²) in [5, 5.41) is 9.04. The summed E-state index contributed by atoms with van der Waals surface area (Å²) in [7, 11) is 0. The van der Waals surface area contributed by atoms with Gasteiger partial charge in [0.25, 0.3) is 0 Å². The minimum Gasteiger partial charge on any atom is -0.296 e. The second kappa shape index (κ2) is 4.67. The van der Waals surface area contributed by atoms with Crippen LogP contribution >= 0.6 is 0 Å². The molecule has 0 aliphatic carbocycles. The molecule has 2 heteroatoms. The maximum atomic E-state index is 9.04. The molecule has 2 rings (SSSR count). The quantitative estimate of drug-likeness (QED) is 0.757. The summed E-state index contributed by atoms with van der Waals surface area (Å²) in [6.07, 6.45) is 1.27. The summed E-state index contributed by atoms with van der Waals surface area (Å²) in [6, 6.07) is 10.8. The van der Waals surface area contributed by atoms with Crippen LogP contribution in [0.3, 0.4) is 0 Å². The standard InChI is InChI=1S/C14H18N2/c1-11-7-12(2)16(9-11)10-14-6-4-3-5-13(14)8-15/h3-6,11-12H,7,9-10H2,1-2H3. The van der Waals surface area contributed by atoms with Gasteiger partial charge in [0.15, 0.2) is 0 Å². The van der Waals surface area contributed by atoms with E-state index in [0.29, 0.717) is 6.04 Å². The minimum absolute atomic E-state index is 0.641. The number of likely N-dealkylation sites (tertiary alicyclic amines) is 1. The highest BCUT2D eigenvalue weighted by Crippen LogP contribution is 2.24. The van der Waals surface area contributed by atoms with Crippen molar-refractivity contribution in [3.05, 3.63) is 35.4 Å². The lowest BCUT2D eigenvalue weighted by molar-refractivity contribution is 0.256. The van der Waals surface area contributed by atoms with Gasteiger partial charge in [-0.3, -0.25) is 4.90 Å². The molecule has 1 aromatic rings. The molecule has 0 amide bonds. The Labute approximate surface area is 97.5 Å². The van der Waals surface area contributed by atoms with Crippen LogP contribution in [-0.4, -0.2) is 17.5 Å². The smallest absolute Gasteiger partial charge is 0.0995 e. The summed E-state index contributed by atoms with van der Waals surface area (Å²) in [4.78, 5) is 2.47. The summed E-state index contributed by atoms with van der Waals surface area (Å²) >= 11 is 0. The van der Waals surface area contributed by atoms with Crippen LogP contribution in [0.25, 0.3) is 0 Å². The second-order valence-electron chi connectivity index (χ2n) is 4.89. The van der Waals surface area contributed by atoms with Crippen LogP contribution in [0.15, 0.2) is 24.3 Å². The van der Waals surface area contributed by atoms with Gasteiger partial charge < -0.3 is 0 Å². The fraction of sp³-hybridized carbons (Fsp3) is 0.500. The molecule has 84 valence electrons. The van der Waals surface area contributed by atoms with Gasteiger partial charge in [-0.2, -0.15) is 5.26 Å². The molecule has 2 unspecified atom stereocenters. The van der Waals surface area contributed by atoms with E-state index in [1.165, 1.54) is 6.42 Å². The Morgan fingerprint density at radius 1 is 1.38 bits per heavy atom. The Balaban J connectivity index is 2.12. The highest BCUT2D eigenvalue weighted by atomic mass is 15.2. The zero-order chi connectivity index (χ0) is 11.5. The third-order valence-electron chi connectivity index (χ3n) is 3.42. The summed E-state index contributed by atoms with van der Waals surface area (Å²) in [5.74, 6) is 0.782. The van der Waals surface area contributed by atoms with E-state index < -0.39 is 0 Å². The molecule has 0 bridgehead atoms. The predicted octanol–water partition coefficient (Wildman–Crippen LogP) is 2.79. The number of nitriles is 1. The average Bonchev–Trinajstić information content (AvgIpc) is 2.58. The fourth-order valence-corrected chi connectivity index (χ4v) is 2.59. The first-order chi connectivity index (χ1) is 7.70. The molecule has 0 spiro atoms. The Hall–Kier alpha value is -1.33. The van der Waals surface area contributed by atoms with Crippen LogP contribution in [0.2, 0.25) is 0 Å². The van der Waals surface area contributed by atoms with Gasteiger partial charge in [0, 0.05) is 19.1 Å². The molecule has 0 N–H and O–H groups in total. The van der Waals surface area contributed by atoms with Gasteiger partial charge in [-0.15, -0.1) is 0 Å². The number of rotatable bonds is 2. The molecular weight excluding hydrogens is 196 g/mol. The Bertz CT molecular complexity index is 405. The molecule has 1 fully saturated rings. The second-order valence-corrected chi connectivity index (χ2v) is 4.89. The number of benzene rings is 1. The summed E-state index contributed by atoms with van der Waals surface area (Å²) in [6.45, 7) is 6.64. The largest absolute Gasteiger partial charge is 0.296 e. The molecule has 1 aliphatic rings. The number of hydrogen-bond acceptors (Lipinski definition) is 2. The van der Waals surface area contributed by atoms with Crippen molar-refractivity contribution in [2.75, 3.05) is 6.54 Å². The van der Waals surface area contributed by atoms with E-state index in [1.807, 2.05) is 18.2 Å². The maximum absolute atomic E-state index is 9.04. The van der Waals surface area contributed by atoms with Gasteiger partial charge >= 0.3 is 0 Å².